The number of aryl methyl sites for hydroxylation is 1. The Morgan fingerprint density at radius 1 is 1.28 bits per heavy atom. The zero-order valence-corrected chi connectivity index (χ0v) is 16.9. The molecule has 0 radical (unpaired) electrons. The number of guanidine groups is 1. The first-order chi connectivity index (χ1) is 14.2. The van der Waals surface area contributed by atoms with Crippen molar-refractivity contribution in [2.75, 3.05) is 39.9 Å². The molecule has 1 aliphatic heterocycles. The molecule has 7 nitrogen and oxygen atoms in total. The molecule has 2 heterocycles. The van der Waals surface area contributed by atoms with Crippen LogP contribution in [0, 0.1) is 0 Å². The fourth-order valence-corrected chi connectivity index (χ4v) is 3.63. The molecule has 3 aromatic rings. The third kappa shape index (κ3) is 4.51. The number of aromatic nitrogens is 2. The molecular formula is C22H27N5O2. The van der Waals surface area contributed by atoms with Crippen molar-refractivity contribution >= 4 is 16.7 Å². The van der Waals surface area contributed by atoms with Crippen LogP contribution in [-0.2, 0) is 11.8 Å². The number of rotatable bonds is 5. The molecule has 1 atom stereocenters. The van der Waals surface area contributed by atoms with Gasteiger partial charge in [-0.05, 0) is 11.5 Å². The van der Waals surface area contributed by atoms with E-state index in [4.69, 9.17) is 9.47 Å². The zero-order valence-electron chi connectivity index (χ0n) is 16.9. The zero-order chi connectivity index (χ0) is 20.1. The maximum atomic E-state index is 6.02. The first kappa shape index (κ1) is 19.3. The predicted molar refractivity (Wildman–Crippen MR) is 114 cm³/mol. The van der Waals surface area contributed by atoms with E-state index in [0.29, 0.717) is 19.8 Å². The summed E-state index contributed by atoms with van der Waals surface area (Å²) in [6.45, 7) is 3.44. The van der Waals surface area contributed by atoms with Crippen LogP contribution in [0.3, 0.4) is 0 Å². The van der Waals surface area contributed by atoms with Gasteiger partial charge in [0.15, 0.2) is 5.96 Å². The molecule has 1 unspecified atom stereocenters. The number of hydrogen-bond donors (Lipinski definition) is 1. The highest BCUT2D eigenvalue weighted by Gasteiger charge is 2.25. The fourth-order valence-electron chi connectivity index (χ4n) is 3.63. The van der Waals surface area contributed by atoms with E-state index in [9.17, 15) is 0 Å². The second-order valence-corrected chi connectivity index (χ2v) is 7.05. The van der Waals surface area contributed by atoms with Crippen molar-refractivity contribution in [1.29, 1.82) is 0 Å². The maximum absolute atomic E-state index is 6.02. The first-order valence-corrected chi connectivity index (χ1v) is 9.91. The summed E-state index contributed by atoms with van der Waals surface area (Å²) in [6, 6.07) is 14.4. The van der Waals surface area contributed by atoms with Gasteiger partial charge in [0.25, 0.3) is 0 Å². The van der Waals surface area contributed by atoms with E-state index in [2.05, 4.69) is 38.5 Å². The van der Waals surface area contributed by atoms with Gasteiger partial charge in [-0.2, -0.15) is 5.10 Å². The van der Waals surface area contributed by atoms with Gasteiger partial charge in [-0.25, -0.2) is 0 Å². The number of fused-ring (bicyclic) bond motifs is 1. The Morgan fingerprint density at radius 3 is 2.97 bits per heavy atom. The molecule has 2 aromatic carbocycles. The van der Waals surface area contributed by atoms with Crippen LogP contribution in [0.5, 0.6) is 5.75 Å². The predicted octanol–water partition coefficient (Wildman–Crippen LogP) is 2.60. The second-order valence-electron chi connectivity index (χ2n) is 7.05. The van der Waals surface area contributed by atoms with E-state index < -0.39 is 0 Å². The van der Waals surface area contributed by atoms with Gasteiger partial charge < -0.3 is 19.7 Å². The van der Waals surface area contributed by atoms with Crippen LogP contribution in [0.1, 0.15) is 11.7 Å². The molecule has 29 heavy (non-hydrogen) atoms. The molecule has 0 aliphatic carbocycles. The Labute approximate surface area is 170 Å². The Bertz CT molecular complexity index is 979. The van der Waals surface area contributed by atoms with Crippen LogP contribution < -0.4 is 10.1 Å². The summed E-state index contributed by atoms with van der Waals surface area (Å²) < 4.78 is 13.7. The summed E-state index contributed by atoms with van der Waals surface area (Å²) in [4.78, 5) is 6.66. The Balaban J connectivity index is 1.31. The number of nitrogens with one attached hydrogen (secondary N) is 1. The van der Waals surface area contributed by atoms with Gasteiger partial charge in [0.05, 0.1) is 25.9 Å². The number of nitrogens with zero attached hydrogens (tertiary/aromatic N) is 4. The lowest BCUT2D eigenvalue weighted by Gasteiger charge is -2.34. The summed E-state index contributed by atoms with van der Waals surface area (Å²) in [7, 11) is 3.73. The molecule has 4 rings (SSSR count). The number of hydrogen-bond acceptors (Lipinski definition) is 4. The highest BCUT2D eigenvalue weighted by molar-refractivity contribution is 5.88. The average Bonchev–Trinajstić information content (AvgIpc) is 3.20. The number of benzene rings is 2. The lowest BCUT2D eigenvalue weighted by atomic mass is 10.1. The highest BCUT2D eigenvalue weighted by atomic mass is 16.5. The standard InChI is InChI=1S/C22H27N5O2/c1-23-22(27-11-13-29-21(16-27)18-14-25-26(2)15-18)24-10-12-28-20-9-5-7-17-6-3-4-8-19(17)20/h3-9,14-15,21H,10-13,16H2,1-2H3,(H,23,24). The smallest absolute Gasteiger partial charge is 0.193 e. The lowest BCUT2D eigenvalue weighted by molar-refractivity contribution is -0.00805. The Kier molecular flexibility index (Phi) is 5.95. The SMILES string of the molecule is CN=C(NCCOc1cccc2ccccc12)N1CCOC(c2cnn(C)c2)C1. The molecule has 1 aliphatic rings. The Hall–Kier alpha value is -3.06. The van der Waals surface area contributed by atoms with Gasteiger partial charge in [0.1, 0.15) is 18.5 Å². The van der Waals surface area contributed by atoms with Gasteiger partial charge in [-0.15, -0.1) is 0 Å². The average molecular weight is 393 g/mol. The van der Waals surface area contributed by atoms with Gasteiger partial charge in [0.2, 0.25) is 0 Å². The van der Waals surface area contributed by atoms with E-state index in [-0.39, 0.29) is 6.10 Å². The second kappa shape index (κ2) is 8.96. The molecule has 7 heteroatoms. The summed E-state index contributed by atoms with van der Waals surface area (Å²) in [5, 5.41) is 9.97. The van der Waals surface area contributed by atoms with Crippen LogP contribution in [0.4, 0.5) is 0 Å². The molecule has 0 saturated carbocycles. The molecular weight excluding hydrogens is 366 g/mol. The van der Waals surface area contributed by atoms with E-state index in [1.54, 1.807) is 4.68 Å². The third-order valence-electron chi connectivity index (χ3n) is 5.07. The lowest BCUT2D eigenvalue weighted by Crippen LogP contribution is -2.48. The summed E-state index contributed by atoms with van der Waals surface area (Å²) in [5.41, 5.74) is 1.09. The summed E-state index contributed by atoms with van der Waals surface area (Å²) >= 11 is 0. The third-order valence-corrected chi connectivity index (χ3v) is 5.07. The quantitative estimate of drug-likeness (QED) is 0.410. The van der Waals surface area contributed by atoms with Gasteiger partial charge in [-0.1, -0.05) is 36.4 Å². The monoisotopic (exact) mass is 393 g/mol. The minimum Gasteiger partial charge on any atom is -0.491 e. The van der Waals surface area contributed by atoms with E-state index in [1.807, 2.05) is 50.8 Å². The normalized spacial score (nSPS) is 17.5. The van der Waals surface area contributed by atoms with Crippen molar-refractivity contribution < 1.29 is 9.47 Å². The van der Waals surface area contributed by atoms with Crippen molar-refractivity contribution in [2.45, 2.75) is 6.10 Å². The molecule has 1 aromatic heterocycles. The topological polar surface area (TPSA) is 63.9 Å². The number of morpholine rings is 1. The molecule has 0 spiro atoms. The van der Waals surface area contributed by atoms with Crippen molar-refractivity contribution in [1.82, 2.24) is 20.0 Å². The minimum atomic E-state index is 0.00272. The summed E-state index contributed by atoms with van der Waals surface area (Å²) in [5.74, 6) is 1.77. The fraction of sp³-hybridized carbons (Fsp3) is 0.364. The first-order valence-electron chi connectivity index (χ1n) is 9.91. The van der Waals surface area contributed by atoms with Crippen molar-refractivity contribution in [3.63, 3.8) is 0 Å². The number of ether oxygens (including phenoxy) is 2. The number of aliphatic imine (C=N–C) groups is 1. The van der Waals surface area contributed by atoms with E-state index in [0.717, 1.165) is 35.7 Å². The van der Waals surface area contributed by atoms with Crippen molar-refractivity contribution in [3.05, 3.63) is 60.4 Å². The highest BCUT2D eigenvalue weighted by Crippen LogP contribution is 2.25. The minimum absolute atomic E-state index is 0.00272. The molecule has 1 saturated heterocycles. The molecule has 0 amide bonds. The molecule has 1 fully saturated rings. The van der Waals surface area contributed by atoms with E-state index >= 15 is 0 Å². The van der Waals surface area contributed by atoms with Crippen LogP contribution >= 0.6 is 0 Å². The largest absolute Gasteiger partial charge is 0.491 e. The Morgan fingerprint density at radius 2 is 2.14 bits per heavy atom. The summed E-state index contributed by atoms with van der Waals surface area (Å²) in [6.07, 6.45) is 3.87. The van der Waals surface area contributed by atoms with Crippen molar-refractivity contribution in [2.24, 2.45) is 12.0 Å². The molecule has 1 N–H and O–H groups in total. The van der Waals surface area contributed by atoms with Gasteiger partial charge in [-0.3, -0.25) is 9.67 Å². The van der Waals surface area contributed by atoms with Crippen LogP contribution in [0.2, 0.25) is 0 Å². The maximum Gasteiger partial charge on any atom is 0.193 e. The molecule has 0 bridgehead atoms. The van der Waals surface area contributed by atoms with Gasteiger partial charge in [0, 0.05) is 37.8 Å². The van der Waals surface area contributed by atoms with Crippen molar-refractivity contribution in [3.8, 4) is 5.75 Å². The molecule has 152 valence electrons. The van der Waals surface area contributed by atoms with Crippen LogP contribution in [0.25, 0.3) is 10.8 Å². The van der Waals surface area contributed by atoms with Crippen LogP contribution in [-0.4, -0.2) is 60.5 Å². The van der Waals surface area contributed by atoms with Gasteiger partial charge >= 0.3 is 0 Å². The van der Waals surface area contributed by atoms with Crippen LogP contribution in [0.15, 0.2) is 59.9 Å². The van der Waals surface area contributed by atoms with E-state index in [1.165, 1.54) is 5.39 Å².